The molecule has 2 amide bonds. The highest BCUT2D eigenvalue weighted by atomic mass is 16.4. The zero-order chi connectivity index (χ0) is 15.3. The van der Waals surface area contributed by atoms with Crippen molar-refractivity contribution in [1.82, 2.24) is 15.2 Å². The standard InChI is InChI=1S/C13H20N4O3/c1-13(2,17(3)4)8-15-12(20)16-9-5-6-10(11(18)19)14-7-9/h5-7H,8H2,1-4H3,(H,18,19)(H2,15,16,20). The minimum atomic E-state index is -1.10. The molecular weight excluding hydrogens is 260 g/mol. The van der Waals surface area contributed by atoms with Gasteiger partial charge in [-0.25, -0.2) is 14.6 Å². The number of amides is 2. The molecule has 7 nitrogen and oxygen atoms in total. The number of anilines is 1. The van der Waals surface area contributed by atoms with Crippen molar-refractivity contribution in [3.8, 4) is 0 Å². The molecular formula is C13H20N4O3. The molecule has 1 aromatic heterocycles. The van der Waals surface area contributed by atoms with Gasteiger partial charge in [-0.15, -0.1) is 0 Å². The van der Waals surface area contributed by atoms with Crippen LogP contribution in [-0.2, 0) is 0 Å². The highest BCUT2D eigenvalue weighted by molar-refractivity contribution is 5.90. The number of carbonyl (C=O) groups is 2. The largest absolute Gasteiger partial charge is 0.477 e. The lowest BCUT2D eigenvalue weighted by Gasteiger charge is -2.32. The van der Waals surface area contributed by atoms with Gasteiger partial charge >= 0.3 is 12.0 Å². The number of nitrogens with zero attached hydrogens (tertiary/aromatic N) is 2. The van der Waals surface area contributed by atoms with Gasteiger partial charge in [-0.3, -0.25) is 0 Å². The summed E-state index contributed by atoms with van der Waals surface area (Å²) in [4.78, 5) is 28.1. The quantitative estimate of drug-likeness (QED) is 0.754. The highest BCUT2D eigenvalue weighted by Gasteiger charge is 2.20. The van der Waals surface area contributed by atoms with E-state index in [1.807, 2.05) is 32.8 Å². The Balaban J connectivity index is 2.52. The average Bonchev–Trinajstić information content (AvgIpc) is 2.37. The van der Waals surface area contributed by atoms with Gasteiger partial charge in [0.15, 0.2) is 0 Å². The van der Waals surface area contributed by atoms with E-state index in [1.165, 1.54) is 18.3 Å². The minimum Gasteiger partial charge on any atom is -0.477 e. The van der Waals surface area contributed by atoms with Crippen LogP contribution in [0.1, 0.15) is 24.3 Å². The third-order valence-corrected chi connectivity index (χ3v) is 3.13. The summed E-state index contributed by atoms with van der Waals surface area (Å²) in [6, 6.07) is 2.47. The van der Waals surface area contributed by atoms with Crippen LogP contribution in [0.2, 0.25) is 0 Å². The summed E-state index contributed by atoms with van der Waals surface area (Å²) in [6.07, 6.45) is 1.31. The second-order valence-corrected chi connectivity index (χ2v) is 5.25. The Morgan fingerprint density at radius 2 is 2.00 bits per heavy atom. The van der Waals surface area contributed by atoms with Gasteiger partial charge in [0.05, 0.1) is 11.9 Å². The zero-order valence-electron chi connectivity index (χ0n) is 12.1. The third kappa shape index (κ3) is 4.51. The summed E-state index contributed by atoms with van der Waals surface area (Å²) in [7, 11) is 3.88. The van der Waals surface area contributed by atoms with Gasteiger partial charge in [0.2, 0.25) is 0 Å². The fourth-order valence-electron chi connectivity index (χ4n) is 1.22. The van der Waals surface area contributed by atoms with E-state index in [2.05, 4.69) is 15.6 Å². The zero-order valence-corrected chi connectivity index (χ0v) is 12.1. The van der Waals surface area contributed by atoms with Crippen molar-refractivity contribution in [2.75, 3.05) is 26.0 Å². The van der Waals surface area contributed by atoms with Gasteiger partial charge in [0, 0.05) is 12.1 Å². The fourth-order valence-corrected chi connectivity index (χ4v) is 1.22. The van der Waals surface area contributed by atoms with E-state index in [4.69, 9.17) is 5.11 Å². The van der Waals surface area contributed by atoms with Gasteiger partial charge in [-0.2, -0.15) is 0 Å². The van der Waals surface area contributed by atoms with Crippen molar-refractivity contribution in [2.45, 2.75) is 19.4 Å². The molecule has 0 radical (unpaired) electrons. The van der Waals surface area contributed by atoms with E-state index in [9.17, 15) is 9.59 Å². The molecule has 0 aliphatic rings. The molecule has 0 saturated carbocycles. The number of pyridine rings is 1. The van der Waals surface area contributed by atoms with Crippen molar-refractivity contribution in [3.05, 3.63) is 24.0 Å². The van der Waals surface area contributed by atoms with Crippen molar-refractivity contribution < 1.29 is 14.7 Å². The number of urea groups is 1. The van der Waals surface area contributed by atoms with Gasteiger partial charge in [0.1, 0.15) is 5.69 Å². The van der Waals surface area contributed by atoms with Crippen molar-refractivity contribution >= 4 is 17.7 Å². The molecule has 0 unspecified atom stereocenters. The van der Waals surface area contributed by atoms with E-state index in [1.54, 1.807) is 0 Å². The fraction of sp³-hybridized carbons (Fsp3) is 0.462. The van der Waals surface area contributed by atoms with Crippen LogP contribution in [0, 0.1) is 0 Å². The topological polar surface area (TPSA) is 94.6 Å². The molecule has 7 heteroatoms. The number of likely N-dealkylation sites (N-methyl/N-ethyl adjacent to an activating group) is 1. The maximum absolute atomic E-state index is 11.7. The first kappa shape index (κ1) is 15.9. The minimum absolute atomic E-state index is 0.0651. The molecule has 20 heavy (non-hydrogen) atoms. The maximum Gasteiger partial charge on any atom is 0.354 e. The molecule has 0 aliphatic carbocycles. The second-order valence-electron chi connectivity index (χ2n) is 5.25. The maximum atomic E-state index is 11.7. The lowest BCUT2D eigenvalue weighted by atomic mass is 10.1. The molecule has 0 saturated heterocycles. The van der Waals surface area contributed by atoms with Crippen molar-refractivity contribution in [3.63, 3.8) is 0 Å². The molecule has 1 rings (SSSR count). The molecule has 0 atom stereocenters. The molecule has 110 valence electrons. The normalized spacial score (nSPS) is 11.2. The van der Waals surface area contributed by atoms with Crippen molar-refractivity contribution in [1.29, 1.82) is 0 Å². The van der Waals surface area contributed by atoms with Crippen LogP contribution < -0.4 is 10.6 Å². The van der Waals surface area contributed by atoms with Crippen LogP contribution >= 0.6 is 0 Å². The Bertz CT molecular complexity index is 483. The number of aromatic nitrogens is 1. The first-order valence-electron chi connectivity index (χ1n) is 6.14. The summed E-state index contributed by atoms with van der Waals surface area (Å²) in [5.41, 5.74) is 0.211. The Labute approximate surface area is 118 Å². The Morgan fingerprint density at radius 3 is 2.45 bits per heavy atom. The van der Waals surface area contributed by atoms with E-state index >= 15 is 0 Å². The number of hydrogen-bond acceptors (Lipinski definition) is 4. The molecule has 0 fully saturated rings. The monoisotopic (exact) mass is 280 g/mol. The predicted octanol–water partition coefficient (Wildman–Crippen LogP) is 1.24. The Kier molecular flexibility index (Phi) is 5.04. The molecule has 1 heterocycles. The van der Waals surface area contributed by atoms with Crippen LogP contribution in [0.15, 0.2) is 18.3 Å². The second kappa shape index (κ2) is 6.33. The molecule has 0 bridgehead atoms. The van der Waals surface area contributed by atoms with Crippen LogP contribution in [0.5, 0.6) is 0 Å². The Hall–Kier alpha value is -2.15. The Morgan fingerprint density at radius 1 is 1.35 bits per heavy atom. The molecule has 0 aliphatic heterocycles. The number of carboxylic acids is 1. The molecule has 0 aromatic carbocycles. The van der Waals surface area contributed by atoms with E-state index in [0.29, 0.717) is 12.2 Å². The van der Waals surface area contributed by atoms with E-state index in [0.717, 1.165) is 0 Å². The summed E-state index contributed by atoms with van der Waals surface area (Å²) >= 11 is 0. The molecule has 0 spiro atoms. The van der Waals surface area contributed by atoms with E-state index in [-0.39, 0.29) is 17.3 Å². The van der Waals surface area contributed by atoms with Gasteiger partial charge in [0.25, 0.3) is 0 Å². The number of nitrogens with one attached hydrogen (secondary N) is 2. The molecule has 3 N–H and O–H groups in total. The van der Waals surface area contributed by atoms with E-state index < -0.39 is 5.97 Å². The number of rotatable bonds is 5. The summed E-state index contributed by atoms with van der Waals surface area (Å²) in [5, 5.41) is 14.1. The lowest BCUT2D eigenvalue weighted by molar-refractivity contribution is 0.0690. The number of hydrogen-bond donors (Lipinski definition) is 3. The summed E-state index contributed by atoms with van der Waals surface area (Å²) in [5.74, 6) is -1.10. The van der Waals surface area contributed by atoms with Crippen LogP contribution in [0.4, 0.5) is 10.5 Å². The lowest BCUT2D eigenvalue weighted by Crippen LogP contribution is -2.49. The van der Waals surface area contributed by atoms with Crippen molar-refractivity contribution in [2.24, 2.45) is 0 Å². The average molecular weight is 280 g/mol. The van der Waals surface area contributed by atoms with Gasteiger partial charge in [-0.05, 0) is 40.1 Å². The van der Waals surface area contributed by atoms with Crippen LogP contribution in [-0.4, -0.2) is 53.2 Å². The SMILES string of the molecule is CN(C)C(C)(C)CNC(=O)Nc1ccc(C(=O)O)nc1. The first-order chi connectivity index (χ1) is 9.22. The van der Waals surface area contributed by atoms with Crippen LogP contribution in [0.25, 0.3) is 0 Å². The van der Waals surface area contributed by atoms with Gasteiger partial charge < -0.3 is 20.6 Å². The summed E-state index contributed by atoms with van der Waals surface area (Å²) in [6.45, 7) is 4.50. The number of aromatic carboxylic acids is 1. The smallest absolute Gasteiger partial charge is 0.354 e. The summed E-state index contributed by atoms with van der Waals surface area (Å²) < 4.78 is 0. The number of carbonyl (C=O) groups excluding carboxylic acids is 1. The number of carboxylic acid groups (broad SMARTS) is 1. The molecule has 1 aromatic rings. The highest BCUT2D eigenvalue weighted by Crippen LogP contribution is 2.09. The van der Waals surface area contributed by atoms with Gasteiger partial charge in [-0.1, -0.05) is 0 Å². The predicted molar refractivity (Wildman–Crippen MR) is 76.0 cm³/mol. The first-order valence-corrected chi connectivity index (χ1v) is 6.14. The van der Waals surface area contributed by atoms with Crippen LogP contribution in [0.3, 0.4) is 0 Å². The third-order valence-electron chi connectivity index (χ3n) is 3.13.